The second kappa shape index (κ2) is 10.0. The Bertz CT molecular complexity index is 877. The normalized spacial score (nSPS) is 13.6. The maximum absolute atomic E-state index is 8.00. The van der Waals surface area contributed by atoms with Crippen molar-refractivity contribution in [2.45, 2.75) is 19.9 Å². The summed E-state index contributed by atoms with van der Waals surface area (Å²) in [5.74, 6) is 0.722. The van der Waals surface area contributed by atoms with E-state index in [2.05, 4.69) is 72.4 Å². The van der Waals surface area contributed by atoms with E-state index in [1.807, 2.05) is 13.0 Å². The van der Waals surface area contributed by atoms with Crippen molar-refractivity contribution in [3.63, 3.8) is 0 Å². The van der Waals surface area contributed by atoms with E-state index < -0.39 is 0 Å². The molecule has 0 unspecified atom stereocenters. The lowest BCUT2D eigenvalue weighted by Gasteiger charge is -2.10. The first-order chi connectivity index (χ1) is 13.2. The number of nitrogens with one attached hydrogen (secondary N) is 1. The van der Waals surface area contributed by atoms with E-state index >= 15 is 0 Å². The minimum atomic E-state index is 0.722. The molecule has 0 fully saturated rings. The Hall–Kier alpha value is -3.27. The van der Waals surface area contributed by atoms with Crippen LogP contribution in [-0.4, -0.2) is 25.4 Å². The fraction of sp³-hybridized carbons (Fsp3) is 0.174. The molecule has 2 aromatic rings. The summed E-state index contributed by atoms with van der Waals surface area (Å²) in [5.41, 5.74) is 6.76. The van der Waals surface area contributed by atoms with Crippen molar-refractivity contribution in [1.29, 1.82) is 0 Å². The minimum absolute atomic E-state index is 0.722. The van der Waals surface area contributed by atoms with Crippen LogP contribution in [0.15, 0.2) is 77.4 Å². The van der Waals surface area contributed by atoms with Crippen LogP contribution in [0.1, 0.15) is 27.8 Å². The van der Waals surface area contributed by atoms with Crippen LogP contribution in [0.3, 0.4) is 0 Å². The Morgan fingerprint density at radius 3 is 2.44 bits per heavy atom. The Balaban J connectivity index is 0.00000126. The maximum atomic E-state index is 8.00. The van der Waals surface area contributed by atoms with Crippen LogP contribution in [-0.2, 0) is 17.8 Å². The van der Waals surface area contributed by atoms with Gasteiger partial charge in [-0.3, -0.25) is 4.99 Å². The van der Waals surface area contributed by atoms with Crippen LogP contribution >= 0.6 is 0 Å². The van der Waals surface area contributed by atoms with Crippen LogP contribution in [0.5, 0.6) is 0 Å². The molecule has 0 radical (unpaired) electrons. The number of nitrogens with zero attached hydrogens (tertiary/aromatic N) is 2. The third kappa shape index (κ3) is 5.11. The number of carbonyl (C=O) groups is 1. The summed E-state index contributed by atoms with van der Waals surface area (Å²) in [7, 11) is 1.78. The smallest absolute Gasteiger partial charge is 0.154 e. The van der Waals surface area contributed by atoms with Gasteiger partial charge in [0.25, 0.3) is 0 Å². The van der Waals surface area contributed by atoms with Gasteiger partial charge in [0.15, 0.2) is 5.84 Å². The van der Waals surface area contributed by atoms with Gasteiger partial charge in [0.1, 0.15) is 6.79 Å². The average Bonchev–Trinajstić information content (AvgIpc) is 2.96. The first-order valence-electron chi connectivity index (χ1n) is 8.75. The highest BCUT2D eigenvalue weighted by atomic mass is 16.1. The maximum Gasteiger partial charge on any atom is 0.154 e. The van der Waals surface area contributed by atoms with E-state index in [1.54, 1.807) is 13.1 Å². The molecule has 4 heteroatoms. The number of aryl methyl sites for hydroxylation is 1. The summed E-state index contributed by atoms with van der Waals surface area (Å²) in [6, 6.07) is 14.7. The fourth-order valence-corrected chi connectivity index (χ4v) is 2.88. The SMILES string of the molecule is C=CC(=NC(=NC)c1ccc2c(c1)CC=CNC2)c1ccc(C)cc1.C=O. The van der Waals surface area contributed by atoms with E-state index in [-0.39, 0.29) is 0 Å². The van der Waals surface area contributed by atoms with E-state index in [4.69, 9.17) is 9.79 Å². The molecule has 27 heavy (non-hydrogen) atoms. The van der Waals surface area contributed by atoms with Crippen molar-refractivity contribution in [3.05, 3.63) is 95.2 Å². The highest BCUT2D eigenvalue weighted by molar-refractivity contribution is 6.16. The van der Waals surface area contributed by atoms with Gasteiger partial charge in [0, 0.05) is 24.7 Å². The number of allylic oxidation sites excluding steroid dienone is 2. The molecule has 3 rings (SSSR count). The van der Waals surface area contributed by atoms with Gasteiger partial charge in [0.2, 0.25) is 0 Å². The number of hydrogen-bond acceptors (Lipinski definition) is 3. The topological polar surface area (TPSA) is 53.8 Å². The zero-order valence-electron chi connectivity index (χ0n) is 15.9. The zero-order chi connectivity index (χ0) is 19.6. The van der Waals surface area contributed by atoms with Crippen LogP contribution in [0.2, 0.25) is 0 Å². The Morgan fingerprint density at radius 1 is 1.07 bits per heavy atom. The van der Waals surface area contributed by atoms with E-state index in [0.29, 0.717) is 0 Å². The van der Waals surface area contributed by atoms with E-state index in [9.17, 15) is 0 Å². The van der Waals surface area contributed by atoms with Gasteiger partial charge in [-0.15, -0.1) is 0 Å². The van der Waals surface area contributed by atoms with Gasteiger partial charge in [0.05, 0.1) is 5.71 Å². The molecule has 0 aromatic heterocycles. The predicted octanol–water partition coefficient (Wildman–Crippen LogP) is 4.02. The summed E-state index contributed by atoms with van der Waals surface area (Å²) in [5, 5.41) is 3.28. The zero-order valence-corrected chi connectivity index (χ0v) is 15.9. The quantitative estimate of drug-likeness (QED) is 0.665. The third-order valence-corrected chi connectivity index (χ3v) is 4.31. The number of benzene rings is 2. The lowest BCUT2D eigenvalue weighted by atomic mass is 10.0. The van der Waals surface area contributed by atoms with Crippen molar-refractivity contribution in [3.8, 4) is 0 Å². The molecule has 1 aliphatic heterocycles. The van der Waals surface area contributed by atoms with Crippen LogP contribution < -0.4 is 5.32 Å². The van der Waals surface area contributed by atoms with Gasteiger partial charge >= 0.3 is 0 Å². The molecule has 0 saturated heterocycles. The molecule has 1 N–H and O–H groups in total. The van der Waals surface area contributed by atoms with Crippen molar-refractivity contribution in [2.24, 2.45) is 9.98 Å². The molecule has 0 saturated carbocycles. The monoisotopic (exact) mass is 359 g/mol. The highest BCUT2D eigenvalue weighted by Crippen LogP contribution is 2.17. The fourth-order valence-electron chi connectivity index (χ4n) is 2.88. The van der Waals surface area contributed by atoms with Crippen molar-refractivity contribution >= 4 is 18.3 Å². The molecular weight excluding hydrogens is 334 g/mol. The lowest BCUT2D eigenvalue weighted by molar-refractivity contribution is -0.0979. The van der Waals surface area contributed by atoms with Gasteiger partial charge in [-0.25, -0.2) is 4.99 Å². The molecule has 0 atom stereocenters. The first kappa shape index (κ1) is 20.0. The molecule has 0 aliphatic carbocycles. The van der Waals surface area contributed by atoms with Crippen LogP contribution in [0.4, 0.5) is 0 Å². The van der Waals surface area contributed by atoms with Gasteiger partial charge in [-0.1, -0.05) is 54.6 Å². The summed E-state index contributed by atoms with van der Waals surface area (Å²) in [6.45, 7) is 8.85. The summed E-state index contributed by atoms with van der Waals surface area (Å²) in [4.78, 5) is 17.2. The molecule has 1 heterocycles. The Labute approximate surface area is 161 Å². The van der Waals surface area contributed by atoms with E-state index in [0.717, 1.165) is 35.6 Å². The lowest BCUT2D eigenvalue weighted by Crippen LogP contribution is -2.07. The van der Waals surface area contributed by atoms with Crippen LogP contribution in [0.25, 0.3) is 0 Å². The number of fused-ring (bicyclic) bond motifs is 1. The third-order valence-electron chi connectivity index (χ3n) is 4.31. The minimum Gasteiger partial charge on any atom is -0.387 e. The standard InChI is InChI=1S/C22H23N3.CH2O/c1-4-21(17-9-7-16(2)8-10-17)25-22(23-3)19-11-12-20-15-24-13-5-6-18(20)14-19;1-2/h4-5,7-14,24H,1,6,15H2,2-3H3;1H2. The number of hydrogen-bond donors (Lipinski definition) is 1. The molecular formula is C23H25N3O. The first-order valence-corrected chi connectivity index (χ1v) is 8.75. The second-order valence-electron chi connectivity index (χ2n) is 6.09. The van der Waals surface area contributed by atoms with Gasteiger partial charge in [-0.05, 0) is 42.8 Å². The molecule has 0 amide bonds. The Kier molecular flexibility index (Phi) is 7.44. The molecule has 4 nitrogen and oxygen atoms in total. The van der Waals surface area contributed by atoms with Crippen molar-refractivity contribution in [2.75, 3.05) is 7.05 Å². The number of rotatable bonds is 3. The summed E-state index contributed by atoms with van der Waals surface area (Å²) >= 11 is 0. The molecule has 2 aromatic carbocycles. The number of aliphatic imine (C=N–C) groups is 2. The molecule has 0 spiro atoms. The van der Waals surface area contributed by atoms with E-state index in [1.165, 1.54) is 16.7 Å². The molecule has 0 bridgehead atoms. The van der Waals surface area contributed by atoms with Gasteiger partial charge < -0.3 is 10.1 Å². The highest BCUT2D eigenvalue weighted by Gasteiger charge is 2.09. The largest absolute Gasteiger partial charge is 0.387 e. The summed E-state index contributed by atoms with van der Waals surface area (Å²) < 4.78 is 0. The summed E-state index contributed by atoms with van der Waals surface area (Å²) in [6.07, 6.45) is 6.86. The van der Waals surface area contributed by atoms with Crippen molar-refractivity contribution in [1.82, 2.24) is 5.32 Å². The van der Waals surface area contributed by atoms with Gasteiger partial charge in [-0.2, -0.15) is 0 Å². The second-order valence-corrected chi connectivity index (χ2v) is 6.09. The van der Waals surface area contributed by atoms with Crippen LogP contribution in [0, 0.1) is 6.92 Å². The molecule has 138 valence electrons. The Morgan fingerprint density at radius 2 is 1.78 bits per heavy atom. The molecule has 1 aliphatic rings. The van der Waals surface area contributed by atoms with Crippen molar-refractivity contribution < 1.29 is 4.79 Å². The predicted molar refractivity (Wildman–Crippen MR) is 114 cm³/mol. The number of carbonyl (C=O) groups excluding carboxylic acids is 1. The number of amidine groups is 1. The average molecular weight is 359 g/mol.